The SMILES string of the molecule is COc1ccc(Cl)cc1NC(=O)/C=C/C(=O)OC(C)C. The molecule has 0 fully saturated rings. The first kappa shape index (κ1) is 16.0. The second-order valence-corrected chi connectivity index (χ2v) is 4.59. The summed E-state index contributed by atoms with van der Waals surface area (Å²) in [5.41, 5.74) is 0.423. The fourth-order valence-electron chi connectivity index (χ4n) is 1.37. The lowest BCUT2D eigenvalue weighted by molar-refractivity contribution is -0.141. The molecule has 0 spiro atoms. The van der Waals surface area contributed by atoms with Crippen molar-refractivity contribution in [1.82, 2.24) is 0 Å². The molecule has 0 unspecified atom stereocenters. The van der Waals surface area contributed by atoms with E-state index in [9.17, 15) is 9.59 Å². The van der Waals surface area contributed by atoms with Crippen LogP contribution in [0.3, 0.4) is 0 Å². The van der Waals surface area contributed by atoms with Gasteiger partial charge in [0.05, 0.1) is 18.9 Å². The van der Waals surface area contributed by atoms with Gasteiger partial charge in [0.15, 0.2) is 0 Å². The van der Waals surface area contributed by atoms with E-state index < -0.39 is 11.9 Å². The van der Waals surface area contributed by atoms with Gasteiger partial charge < -0.3 is 14.8 Å². The van der Waals surface area contributed by atoms with Crippen LogP contribution in [0.5, 0.6) is 5.75 Å². The quantitative estimate of drug-likeness (QED) is 0.670. The van der Waals surface area contributed by atoms with Gasteiger partial charge in [-0.1, -0.05) is 11.6 Å². The number of nitrogens with one attached hydrogen (secondary N) is 1. The summed E-state index contributed by atoms with van der Waals surface area (Å²) < 4.78 is 9.95. The number of methoxy groups -OCH3 is 1. The van der Waals surface area contributed by atoms with Gasteiger partial charge >= 0.3 is 5.97 Å². The van der Waals surface area contributed by atoms with Gasteiger partial charge in [0, 0.05) is 17.2 Å². The van der Waals surface area contributed by atoms with Crippen molar-refractivity contribution in [3.63, 3.8) is 0 Å². The Kier molecular flexibility index (Phi) is 6.06. The van der Waals surface area contributed by atoms with Crippen molar-refractivity contribution in [3.05, 3.63) is 35.4 Å². The van der Waals surface area contributed by atoms with Gasteiger partial charge in [0.2, 0.25) is 5.91 Å². The van der Waals surface area contributed by atoms with Gasteiger partial charge in [-0.05, 0) is 32.0 Å². The highest BCUT2D eigenvalue weighted by Gasteiger charge is 2.07. The first-order valence-electron chi connectivity index (χ1n) is 5.95. The molecule has 0 radical (unpaired) electrons. The highest BCUT2D eigenvalue weighted by atomic mass is 35.5. The van der Waals surface area contributed by atoms with Gasteiger partial charge in [-0.15, -0.1) is 0 Å². The average molecular weight is 298 g/mol. The van der Waals surface area contributed by atoms with Crippen molar-refractivity contribution >= 4 is 29.2 Å². The smallest absolute Gasteiger partial charge is 0.331 e. The molecule has 6 heteroatoms. The molecule has 1 amide bonds. The zero-order chi connectivity index (χ0) is 15.1. The summed E-state index contributed by atoms with van der Waals surface area (Å²) in [7, 11) is 1.48. The molecule has 0 aliphatic heterocycles. The van der Waals surface area contributed by atoms with Crippen molar-refractivity contribution in [2.45, 2.75) is 20.0 Å². The third-order valence-corrected chi connectivity index (χ3v) is 2.38. The van der Waals surface area contributed by atoms with Gasteiger partial charge in [-0.3, -0.25) is 4.79 Å². The normalized spacial score (nSPS) is 10.7. The van der Waals surface area contributed by atoms with Crippen LogP contribution >= 0.6 is 11.6 Å². The highest BCUT2D eigenvalue weighted by Crippen LogP contribution is 2.27. The Hall–Kier alpha value is -2.01. The molecule has 108 valence electrons. The third-order valence-electron chi connectivity index (χ3n) is 2.14. The predicted molar refractivity (Wildman–Crippen MR) is 77.0 cm³/mol. The molecular formula is C14H16ClNO4. The van der Waals surface area contributed by atoms with Crippen LogP contribution in [-0.2, 0) is 14.3 Å². The van der Waals surface area contributed by atoms with Crippen LogP contribution in [0.25, 0.3) is 0 Å². The summed E-state index contributed by atoms with van der Waals surface area (Å²) >= 11 is 5.84. The Balaban J connectivity index is 2.69. The topological polar surface area (TPSA) is 64.6 Å². The number of halogens is 1. The maximum Gasteiger partial charge on any atom is 0.331 e. The van der Waals surface area contributed by atoms with Crippen LogP contribution in [0.4, 0.5) is 5.69 Å². The first-order chi connectivity index (χ1) is 9.42. The summed E-state index contributed by atoms with van der Waals surface area (Å²) in [4.78, 5) is 22.9. The molecule has 1 aromatic rings. The van der Waals surface area contributed by atoms with Crippen LogP contribution in [-0.4, -0.2) is 25.1 Å². The highest BCUT2D eigenvalue weighted by molar-refractivity contribution is 6.31. The average Bonchev–Trinajstić information content (AvgIpc) is 2.36. The van der Waals surface area contributed by atoms with Crippen LogP contribution in [0, 0.1) is 0 Å². The van der Waals surface area contributed by atoms with E-state index in [1.165, 1.54) is 7.11 Å². The summed E-state index contributed by atoms with van der Waals surface area (Å²) in [5, 5.41) is 3.03. The lowest BCUT2D eigenvalue weighted by Gasteiger charge is -2.09. The fourth-order valence-corrected chi connectivity index (χ4v) is 1.54. The van der Waals surface area contributed by atoms with E-state index in [0.29, 0.717) is 16.5 Å². The lowest BCUT2D eigenvalue weighted by Crippen LogP contribution is -2.12. The van der Waals surface area contributed by atoms with Gasteiger partial charge in [-0.2, -0.15) is 0 Å². The zero-order valence-corrected chi connectivity index (χ0v) is 12.2. The van der Waals surface area contributed by atoms with E-state index in [2.05, 4.69) is 5.32 Å². The van der Waals surface area contributed by atoms with Gasteiger partial charge in [0.1, 0.15) is 5.75 Å². The molecule has 5 nitrogen and oxygen atoms in total. The predicted octanol–water partition coefficient (Wildman–Crippen LogP) is 2.79. The van der Waals surface area contributed by atoms with Crippen molar-refractivity contribution < 1.29 is 19.1 Å². The lowest BCUT2D eigenvalue weighted by atomic mass is 10.3. The standard InChI is InChI=1S/C14H16ClNO4/c1-9(2)20-14(18)7-6-13(17)16-11-8-10(15)4-5-12(11)19-3/h4-9H,1-3H3,(H,16,17)/b7-6+. The molecule has 1 rings (SSSR count). The largest absolute Gasteiger partial charge is 0.495 e. The Morgan fingerprint density at radius 3 is 2.60 bits per heavy atom. The number of hydrogen-bond donors (Lipinski definition) is 1. The molecule has 20 heavy (non-hydrogen) atoms. The van der Waals surface area contributed by atoms with Crippen LogP contribution in [0.15, 0.2) is 30.4 Å². The van der Waals surface area contributed by atoms with E-state index >= 15 is 0 Å². The van der Waals surface area contributed by atoms with E-state index in [4.69, 9.17) is 21.1 Å². The second kappa shape index (κ2) is 7.55. The Morgan fingerprint density at radius 2 is 2.00 bits per heavy atom. The molecule has 0 aromatic heterocycles. The molecule has 0 heterocycles. The van der Waals surface area contributed by atoms with Gasteiger partial charge in [-0.25, -0.2) is 4.79 Å². The maximum atomic E-state index is 11.7. The molecule has 1 N–H and O–H groups in total. The van der Waals surface area contributed by atoms with Crippen molar-refractivity contribution in [1.29, 1.82) is 0 Å². The minimum absolute atomic E-state index is 0.233. The molecule has 0 saturated carbocycles. The number of hydrogen-bond acceptors (Lipinski definition) is 4. The number of benzene rings is 1. The first-order valence-corrected chi connectivity index (χ1v) is 6.33. The summed E-state index contributed by atoms with van der Waals surface area (Å²) in [6.45, 7) is 3.45. The second-order valence-electron chi connectivity index (χ2n) is 4.15. The van der Waals surface area contributed by atoms with Crippen LogP contribution in [0.2, 0.25) is 5.02 Å². The van der Waals surface area contributed by atoms with E-state index in [0.717, 1.165) is 12.2 Å². The number of esters is 1. The van der Waals surface area contributed by atoms with E-state index in [-0.39, 0.29) is 6.10 Å². The summed E-state index contributed by atoms with van der Waals surface area (Å²) in [5.74, 6) is -0.583. The molecule has 0 saturated heterocycles. The molecule has 0 aliphatic rings. The number of ether oxygens (including phenoxy) is 2. The van der Waals surface area contributed by atoms with E-state index in [1.54, 1.807) is 32.0 Å². The third kappa shape index (κ3) is 5.32. The van der Waals surface area contributed by atoms with Crippen molar-refractivity contribution in [2.24, 2.45) is 0 Å². The minimum atomic E-state index is -0.576. The Labute approximate surface area is 122 Å². The molecule has 0 aliphatic carbocycles. The van der Waals surface area contributed by atoms with Gasteiger partial charge in [0.25, 0.3) is 0 Å². The van der Waals surface area contributed by atoms with Crippen molar-refractivity contribution in [2.75, 3.05) is 12.4 Å². The maximum absolute atomic E-state index is 11.7. The zero-order valence-electron chi connectivity index (χ0n) is 11.5. The summed E-state index contributed by atoms with van der Waals surface area (Å²) in [6, 6.07) is 4.83. The summed E-state index contributed by atoms with van der Waals surface area (Å²) in [6.07, 6.45) is 1.92. The minimum Gasteiger partial charge on any atom is -0.495 e. The number of rotatable bonds is 5. The number of carbonyl (C=O) groups is 2. The van der Waals surface area contributed by atoms with E-state index in [1.807, 2.05) is 0 Å². The number of carbonyl (C=O) groups excluding carboxylic acids is 2. The van der Waals surface area contributed by atoms with Crippen LogP contribution in [0.1, 0.15) is 13.8 Å². The number of amides is 1. The Morgan fingerprint density at radius 1 is 1.30 bits per heavy atom. The number of anilines is 1. The molecule has 0 atom stereocenters. The monoisotopic (exact) mass is 297 g/mol. The van der Waals surface area contributed by atoms with Crippen LogP contribution < -0.4 is 10.1 Å². The van der Waals surface area contributed by atoms with Crippen molar-refractivity contribution in [3.8, 4) is 5.75 Å². The Bertz CT molecular complexity index is 526. The molecular weight excluding hydrogens is 282 g/mol. The molecule has 1 aromatic carbocycles. The fraction of sp³-hybridized carbons (Fsp3) is 0.286. The molecule has 0 bridgehead atoms.